The van der Waals surface area contributed by atoms with E-state index in [9.17, 15) is 4.39 Å². The fourth-order valence-corrected chi connectivity index (χ4v) is 3.70. The lowest BCUT2D eigenvalue weighted by Crippen LogP contribution is -2.45. The van der Waals surface area contributed by atoms with Crippen molar-refractivity contribution in [1.82, 2.24) is 4.98 Å². The van der Waals surface area contributed by atoms with Crippen molar-refractivity contribution in [2.45, 2.75) is 32.7 Å². The van der Waals surface area contributed by atoms with E-state index in [2.05, 4.69) is 15.4 Å². The van der Waals surface area contributed by atoms with E-state index in [0.29, 0.717) is 22.5 Å². The van der Waals surface area contributed by atoms with Gasteiger partial charge in [0.15, 0.2) is 0 Å². The lowest BCUT2D eigenvalue weighted by molar-refractivity contribution is 0.577. The molecule has 6 heteroatoms. The Bertz CT molecular complexity index is 1060. The van der Waals surface area contributed by atoms with Crippen molar-refractivity contribution in [2.24, 2.45) is 10.9 Å². The van der Waals surface area contributed by atoms with E-state index >= 15 is 4.39 Å². The van der Waals surface area contributed by atoms with E-state index in [1.165, 1.54) is 6.07 Å². The first-order chi connectivity index (χ1) is 12.3. The van der Waals surface area contributed by atoms with Crippen molar-refractivity contribution in [3.05, 3.63) is 53.2 Å². The monoisotopic (exact) mass is 354 g/mol. The number of anilines is 1. The molecule has 1 aliphatic rings. The highest BCUT2D eigenvalue weighted by Gasteiger charge is 2.34. The van der Waals surface area contributed by atoms with Crippen molar-refractivity contribution in [2.75, 3.05) is 5.32 Å². The zero-order chi connectivity index (χ0) is 18.6. The minimum absolute atomic E-state index is 0.0333. The highest BCUT2D eigenvalue weighted by molar-refractivity contribution is 6.01. The van der Waals surface area contributed by atoms with Crippen LogP contribution < -0.4 is 11.2 Å². The van der Waals surface area contributed by atoms with Crippen LogP contribution in [0.4, 0.5) is 14.5 Å². The standard InChI is InChI=1S/C20H20F2N4/c1-10-9-24-19-11(10)5-4-6-12(19)17-14(21)8-15-13(18(17)22)7-16(26-23)20(2,3)25-15/h4-6,8-9,24-25H,7,23H2,1-3H3/b26-16+. The van der Waals surface area contributed by atoms with Gasteiger partial charge in [-0.05, 0) is 32.4 Å². The number of halogens is 2. The number of benzene rings is 2. The average Bonchev–Trinajstić information content (AvgIpc) is 2.96. The van der Waals surface area contributed by atoms with Gasteiger partial charge in [0.05, 0.1) is 22.3 Å². The highest BCUT2D eigenvalue weighted by Crippen LogP contribution is 2.39. The third-order valence-corrected chi connectivity index (χ3v) is 5.18. The van der Waals surface area contributed by atoms with Crippen LogP contribution in [0.25, 0.3) is 22.0 Å². The maximum atomic E-state index is 15.4. The first-order valence-electron chi connectivity index (χ1n) is 8.47. The summed E-state index contributed by atoms with van der Waals surface area (Å²) in [7, 11) is 0. The maximum absolute atomic E-state index is 15.4. The molecule has 134 valence electrons. The molecule has 0 saturated heterocycles. The molecule has 1 aromatic heterocycles. The van der Waals surface area contributed by atoms with Gasteiger partial charge in [-0.15, -0.1) is 0 Å². The van der Waals surface area contributed by atoms with Crippen molar-refractivity contribution < 1.29 is 8.78 Å². The molecule has 0 radical (unpaired) electrons. The normalized spacial score (nSPS) is 17.3. The summed E-state index contributed by atoms with van der Waals surface area (Å²) >= 11 is 0. The molecule has 3 aromatic rings. The van der Waals surface area contributed by atoms with E-state index in [1.54, 1.807) is 6.07 Å². The molecule has 0 bridgehead atoms. The molecule has 0 saturated carbocycles. The van der Waals surface area contributed by atoms with Gasteiger partial charge in [0.2, 0.25) is 0 Å². The quantitative estimate of drug-likeness (QED) is 0.445. The maximum Gasteiger partial charge on any atom is 0.139 e. The number of hydrazone groups is 1. The van der Waals surface area contributed by atoms with Gasteiger partial charge in [0.1, 0.15) is 11.6 Å². The summed E-state index contributed by atoms with van der Waals surface area (Å²) in [4.78, 5) is 3.13. The van der Waals surface area contributed by atoms with E-state index in [4.69, 9.17) is 5.84 Å². The van der Waals surface area contributed by atoms with Crippen LogP contribution in [0.2, 0.25) is 0 Å². The average molecular weight is 354 g/mol. The molecular formula is C20H20F2N4. The molecule has 4 nitrogen and oxygen atoms in total. The Kier molecular flexibility index (Phi) is 3.54. The molecule has 0 unspecified atom stereocenters. The van der Waals surface area contributed by atoms with Crippen molar-refractivity contribution >= 4 is 22.3 Å². The summed E-state index contributed by atoms with van der Waals surface area (Å²) in [5, 5.41) is 7.89. The number of nitrogens with two attached hydrogens (primary N) is 1. The van der Waals surface area contributed by atoms with Crippen LogP contribution in [-0.2, 0) is 6.42 Å². The number of para-hydroxylation sites is 1. The van der Waals surface area contributed by atoms with Crippen molar-refractivity contribution in [1.29, 1.82) is 0 Å². The number of fused-ring (bicyclic) bond motifs is 2. The molecule has 2 aromatic carbocycles. The fourth-order valence-electron chi connectivity index (χ4n) is 3.70. The summed E-state index contributed by atoms with van der Waals surface area (Å²) in [6, 6.07) is 6.83. The van der Waals surface area contributed by atoms with Crippen LogP contribution >= 0.6 is 0 Å². The number of hydrogen-bond donors (Lipinski definition) is 3. The van der Waals surface area contributed by atoms with E-state index in [1.807, 2.05) is 39.1 Å². The summed E-state index contributed by atoms with van der Waals surface area (Å²) in [6.45, 7) is 5.72. The lowest BCUT2D eigenvalue weighted by atomic mass is 9.85. The number of H-pyrrole nitrogens is 1. The predicted molar refractivity (Wildman–Crippen MR) is 101 cm³/mol. The fraction of sp³-hybridized carbons (Fsp3) is 0.250. The van der Waals surface area contributed by atoms with Crippen LogP contribution in [0, 0.1) is 18.6 Å². The number of nitrogens with zero attached hydrogens (tertiary/aromatic N) is 1. The Morgan fingerprint density at radius 1 is 1.23 bits per heavy atom. The van der Waals surface area contributed by atoms with Crippen molar-refractivity contribution in [3.63, 3.8) is 0 Å². The molecule has 0 aliphatic carbocycles. The Morgan fingerprint density at radius 3 is 2.73 bits per heavy atom. The number of aromatic nitrogens is 1. The number of hydrogen-bond acceptors (Lipinski definition) is 3. The zero-order valence-electron chi connectivity index (χ0n) is 14.9. The first kappa shape index (κ1) is 16.6. The molecule has 0 amide bonds. The molecule has 0 atom stereocenters. The van der Waals surface area contributed by atoms with Gasteiger partial charge in [-0.3, -0.25) is 0 Å². The Hall–Kier alpha value is -2.89. The molecule has 4 N–H and O–H groups in total. The molecule has 0 spiro atoms. The number of aromatic amines is 1. The van der Waals surface area contributed by atoms with E-state index < -0.39 is 17.2 Å². The van der Waals surface area contributed by atoms with Crippen LogP contribution in [-0.4, -0.2) is 16.2 Å². The first-order valence-corrected chi connectivity index (χ1v) is 8.47. The number of rotatable bonds is 1. The summed E-state index contributed by atoms with van der Waals surface area (Å²) < 4.78 is 30.3. The topological polar surface area (TPSA) is 66.2 Å². The van der Waals surface area contributed by atoms with Gasteiger partial charge in [-0.25, -0.2) is 8.78 Å². The molecular weight excluding hydrogens is 334 g/mol. The minimum atomic E-state index is -0.600. The van der Waals surface area contributed by atoms with Gasteiger partial charge < -0.3 is 16.1 Å². The van der Waals surface area contributed by atoms with Crippen LogP contribution in [0.3, 0.4) is 0 Å². The minimum Gasteiger partial charge on any atom is -0.374 e. The number of aryl methyl sites for hydroxylation is 1. The van der Waals surface area contributed by atoms with Gasteiger partial charge in [0, 0.05) is 34.8 Å². The predicted octanol–water partition coefficient (Wildman–Crippen LogP) is 4.48. The SMILES string of the molecule is Cc1c[nH]c2c(-c3c(F)cc4c(c3F)C/C(=N\N)C(C)(C)N4)cccc12. The molecule has 1 aliphatic heterocycles. The largest absolute Gasteiger partial charge is 0.374 e. The third kappa shape index (κ3) is 2.29. The third-order valence-electron chi connectivity index (χ3n) is 5.18. The van der Waals surface area contributed by atoms with Crippen LogP contribution in [0.15, 0.2) is 35.6 Å². The summed E-state index contributed by atoms with van der Waals surface area (Å²) in [6.07, 6.45) is 2.08. The Labute approximate surface area is 150 Å². The van der Waals surface area contributed by atoms with Crippen LogP contribution in [0.1, 0.15) is 25.0 Å². The molecule has 0 fully saturated rings. The number of nitrogens with one attached hydrogen (secondary N) is 2. The zero-order valence-corrected chi connectivity index (χ0v) is 14.9. The second-order valence-corrected chi connectivity index (χ2v) is 7.28. The van der Waals surface area contributed by atoms with E-state index in [-0.39, 0.29) is 12.0 Å². The molecule has 2 heterocycles. The lowest BCUT2D eigenvalue weighted by Gasteiger charge is -2.35. The van der Waals surface area contributed by atoms with Crippen molar-refractivity contribution in [3.8, 4) is 11.1 Å². The summed E-state index contributed by atoms with van der Waals surface area (Å²) in [5.74, 6) is 4.31. The molecule has 26 heavy (non-hydrogen) atoms. The Morgan fingerprint density at radius 2 is 2.00 bits per heavy atom. The van der Waals surface area contributed by atoms with Gasteiger partial charge in [-0.1, -0.05) is 18.2 Å². The smallest absolute Gasteiger partial charge is 0.139 e. The Balaban J connectivity index is 1.97. The van der Waals surface area contributed by atoms with Gasteiger partial charge >= 0.3 is 0 Å². The highest BCUT2D eigenvalue weighted by atomic mass is 19.1. The van der Waals surface area contributed by atoms with Crippen LogP contribution in [0.5, 0.6) is 0 Å². The van der Waals surface area contributed by atoms with Gasteiger partial charge in [0.25, 0.3) is 0 Å². The molecule has 4 rings (SSSR count). The second kappa shape index (κ2) is 5.56. The second-order valence-electron chi connectivity index (χ2n) is 7.28. The van der Waals surface area contributed by atoms with E-state index in [0.717, 1.165) is 16.5 Å². The summed E-state index contributed by atoms with van der Waals surface area (Å²) in [5.41, 5.74) is 3.11. The van der Waals surface area contributed by atoms with Gasteiger partial charge in [-0.2, -0.15) is 5.10 Å².